The average Bonchev–Trinajstić information content (AvgIpc) is 2.31. The molecule has 0 aliphatic carbocycles. The van der Waals surface area contributed by atoms with Crippen molar-refractivity contribution < 1.29 is 0 Å². The number of hydrogen-bond donors (Lipinski definition) is 0. The lowest BCUT2D eigenvalue weighted by Crippen LogP contribution is -1.90. The Morgan fingerprint density at radius 1 is 1.55 bits per heavy atom. The van der Waals surface area contributed by atoms with Crippen molar-refractivity contribution in [2.75, 3.05) is 0 Å². The predicted octanol–water partition coefficient (Wildman–Crippen LogP) is 1.09. The van der Waals surface area contributed by atoms with Gasteiger partial charge >= 0.3 is 0 Å². The molecule has 56 valence electrons. The van der Waals surface area contributed by atoms with Gasteiger partial charge in [0, 0.05) is 6.20 Å². The highest BCUT2D eigenvalue weighted by atomic mass is 35.5. The monoisotopic (exact) mass is 168 g/mol. The molecule has 4 nitrogen and oxygen atoms in total. The van der Waals surface area contributed by atoms with E-state index in [1.807, 2.05) is 0 Å². The summed E-state index contributed by atoms with van der Waals surface area (Å²) in [7, 11) is 0. The Hall–Kier alpha value is -1.16. The summed E-state index contributed by atoms with van der Waals surface area (Å²) < 4.78 is 1.50. The van der Waals surface area contributed by atoms with Crippen LogP contribution in [-0.4, -0.2) is 19.6 Å². The van der Waals surface area contributed by atoms with Gasteiger partial charge in [-0.2, -0.15) is 9.50 Å². The van der Waals surface area contributed by atoms with E-state index in [1.54, 1.807) is 19.2 Å². The minimum Gasteiger partial charge on any atom is -0.220 e. The second-order valence-electron chi connectivity index (χ2n) is 2.14. The smallest absolute Gasteiger partial charge is 0.220 e. The molecule has 5 heteroatoms. The molecule has 0 unspecified atom stereocenters. The Morgan fingerprint density at radius 3 is 3.09 bits per heavy atom. The predicted molar refractivity (Wildman–Crippen MR) is 40.5 cm³/mol. The molecule has 0 saturated carbocycles. The number of aromatic nitrogens is 4. The van der Waals surface area contributed by atoms with Gasteiger partial charge in [0.05, 0.1) is 0 Å². The van der Waals surface area contributed by atoms with Crippen LogP contribution in [0.1, 0.15) is 5.82 Å². The molecule has 0 N–H and O–H groups in total. The molecule has 0 atom stereocenters. The molecule has 0 saturated heterocycles. The highest BCUT2D eigenvalue weighted by Gasteiger charge is 2.01. The summed E-state index contributed by atoms with van der Waals surface area (Å²) in [6, 6.07) is 1.67. The van der Waals surface area contributed by atoms with Gasteiger partial charge in [0.2, 0.25) is 0 Å². The summed E-state index contributed by atoms with van der Waals surface area (Å²) in [5.41, 5.74) is 0. The van der Waals surface area contributed by atoms with Crippen LogP contribution < -0.4 is 0 Å². The van der Waals surface area contributed by atoms with Crippen LogP contribution in [0.2, 0.25) is 5.15 Å². The van der Waals surface area contributed by atoms with Gasteiger partial charge in [-0.05, 0) is 13.0 Å². The van der Waals surface area contributed by atoms with E-state index in [4.69, 9.17) is 11.6 Å². The molecule has 0 fully saturated rings. The van der Waals surface area contributed by atoms with Crippen LogP contribution in [0.3, 0.4) is 0 Å². The van der Waals surface area contributed by atoms with E-state index in [0.29, 0.717) is 16.8 Å². The van der Waals surface area contributed by atoms with Gasteiger partial charge in [0.15, 0.2) is 0 Å². The first-order chi connectivity index (χ1) is 5.27. The summed E-state index contributed by atoms with van der Waals surface area (Å²) in [4.78, 5) is 8.00. The van der Waals surface area contributed by atoms with Crippen molar-refractivity contribution in [3.63, 3.8) is 0 Å². The van der Waals surface area contributed by atoms with Crippen molar-refractivity contribution in [1.82, 2.24) is 19.6 Å². The van der Waals surface area contributed by atoms with Crippen LogP contribution in [0, 0.1) is 6.92 Å². The standard InChI is InChI=1S/C6H5ClN4/c1-4-9-6-8-3-2-5(7)11(6)10-4/h2-3H,1H3. The quantitative estimate of drug-likeness (QED) is 0.553. The Kier molecular flexibility index (Phi) is 1.29. The van der Waals surface area contributed by atoms with E-state index < -0.39 is 0 Å². The van der Waals surface area contributed by atoms with Crippen LogP contribution in [0.5, 0.6) is 0 Å². The summed E-state index contributed by atoms with van der Waals surface area (Å²) in [6.07, 6.45) is 1.60. The minimum absolute atomic E-state index is 0.524. The van der Waals surface area contributed by atoms with Crippen molar-refractivity contribution in [2.45, 2.75) is 6.92 Å². The Morgan fingerprint density at radius 2 is 2.36 bits per heavy atom. The third-order valence-electron chi connectivity index (χ3n) is 1.30. The van der Waals surface area contributed by atoms with Gasteiger partial charge in [0.25, 0.3) is 5.78 Å². The van der Waals surface area contributed by atoms with Crippen molar-refractivity contribution in [3.8, 4) is 0 Å². The second kappa shape index (κ2) is 2.17. The maximum absolute atomic E-state index is 5.79. The molecule has 2 aromatic heterocycles. The van der Waals surface area contributed by atoms with Gasteiger partial charge in [-0.1, -0.05) is 11.6 Å². The van der Waals surface area contributed by atoms with Crippen LogP contribution in [0.15, 0.2) is 12.3 Å². The first kappa shape index (κ1) is 6.54. The molecular weight excluding hydrogens is 164 g/mol. The molecule has 0 spiro atoms. The van der Waals surface area contributed by atoms with Gasteiger partial charge in [-0.15, -0.1) is 5.10 Å². The van der Waals surface area contributed by atoms with Crippen LogP contribution in [0.4, 0.5) is 0 Å². The maximum Gasteiger partial charge on any atom is 0.253 e. The van der Waals surface area contributed by atoms with E-state index in [1.165, 1.54) is 4.52 Å². The normalized spacial score (nSPS) is 10.7. The summed E-state index contributed by atoms with van der Waals surface area (Å²) in [5, 5.41) is 4.55. The average molecular weight is 169 g/mol. The number of halogens is 1. The SMILES string of the molecule is Cc1nc2nccc(Cl)n2n1. The number of rotatable bonds is 0. The minimum atomic E-state index is 0.524. The molecule has 2 aromatic rings. The molecular formula is C6H5ClN4. The largest absolute Gasteiger partial charge is 0.253 e. The van der Waals surface area contributed by atoms with Crippen molar-refractivity contribution in [3.05, 3.63) is 23.2 Å². The molecule has 0 aliphatic heterocycles. The lowest BCUT2D eigenvalue weighted by molar-refractivity contribution is 0.917. The molecule has 0 amide bonds. The Balaban J connectivity index is 2.90. The second-order valence-corrected chi connectivity index (χ2v) is 2.53. The maximum atomic E-state index is 5.79. The summed E-state index contributed by atoms with van der Waals surface area (Å²) in [6.45, 7) is 1.80. The zero-order valence-corrected chi connectivity index (χ0v) is 6.58. The highest BCUT2D eigenvalue weighted by molar-refractivity contribution is 6.29. The van der Waals surface area contributed by atoms with E-state index in [-0.39, 0.29) is 0 Å². The zero-order chi connectivity index (χ0) is 7.84. The molecule has 0 radical (unpaired) electrons. The Labute approximate surface area is 67.8 Å². The topological polar surface area (TPSA) is 43.1 Å². The van der Waals surface area contributed by atoms with Crippen molar-refractivity contribution >= 4 is 17.4 Å². The lowest BCUT2D eigenvalue weighted by Gasteiger charge is -1.90. The van der Waals surface area contributed by atoms with Gasteiger partial charge in [0.1, 0.15) is 11.0 Å². The van der Waals surface area contributed by atoms with Gasteiger partial charge in [-0.25, -0.2) is 4.98 Å². The zero-order valence-electron chi connectivity index (χ0n) is 5.82. The van der Waals surface area contributed by atoms with E-state index in [0.717, 1.165) is 0 Å². The first-order valence-electron chi connectivity index (χ1n) is 3.11. The van der Waals surface area contributed by atoms with E-state index in [2.05, 4.69) is 15.1 Å². The van der Waals surface area contributed by atoms with Gasteiger partial charge in [-0.3, -0.25) is 0 Å². The van der Waals surface area contributed by atoms with Crippen molar-refractivity contribution in [1.29, 1.82) is 0 Å². The highest BCUT2D eigenvalue weighted by Crippen LogP contribution is 2.07. The first-order valence-corrected chi connectivity index (χ1v) is 3.49. The van der Waals surface area contributed by atoms with Crippen LogP contribution in [-0.2, 0) is 0 Å². The lowest BCUT2D eigenvalue weighted by atomic mass is 10.7. The fourth-order valence-electron chi connectivity index (χ4n) is 0.867. The van der Waals surface area contributed by atoms with Crippen LogP contribution >= 0.6 is 11.6 Å². The Bertz CT molecular complexity index is 394. The molecule has 11 heavy (non-hydrogen) atoms. The number of aryl methyl sites for hydroxylation is 1. The molecule has 0 aromatic carbocycles. The van der Waals surface area contributed by atoms with Crippen LogP contribution in [0.25, 0.3) is 5.78 Å². The fraction of sp³-hybridized carbons (Fsp3) is 0.167. The molecule has 2 heterocycles. The molecule has 0 bridgehead atoms. The number of fused-ring (bicyclic) bond motifs is 1. The molecule has 0 aliphatic rings. The third kappa shape index (κ3) is 0.952. The third-order valence-corrected chi connectivity index (χ3v) is 1.59. The van der Waals surface area contributed by atoms with E-state index in [9.17, 15) is 0 Å². The molecule has 2 rings (SSSR count). The fourth-order valence-corrected chi connectivity index (χ4v) is 1.04. The van der Waals surface area contributed by atoms with E-state index >= 15 is 0 Å². The van der Waals surface area contributed by atoms with Gasteiger partial charge < -0.3 is 0 Å². The summed E-state index contributed by atoms with van der Waals surface area (Å²) >= 11 is 5.79. The van der Waals surface area contributed by atoms with Crippen molar-refractivity contribution in [2.24, 2.45) is 0 Å². The number of hydrogen-bond acceptors (Lipinski definition) is 3. The summed E-state index contributed by atoms with van der Waals surface area (Å²) in [5.74, 6) is 1.21. The number of nitrogens with zero attached hydrogens (tertiary/aromatic N) is 4.